The molecule has 2 rings (SSSR count). The van der Waals surface area contributed by atoms with Gasteiger partial charge in [0.05, 0.1) is 11.9 Å². The molecule has 0 aliphatic heterocycles. The van der Waals surface area contributed by atoms with Gasteiger partial charge in [0, 0.05) is 23.0 Å². The number of hydrogen-bond acceptors (Lipinski definition) is 3. The van der Waals surface area contributed by atoms with Crippen molar-refractivity contribution in [1.82, 2.24) is 9.97 Å². The lowest BCUT2D eigenvalue weighted by molar-refractivity contribution is 0.477. The van der Waals surface area contributed by atoms with Gasteiger partial charge in [0.2, 0.25) is 0 Å². The molecule has 0 unspecified atom stereocenters. The van der Waals surface area contributed by atoms with Crippen LogP contribution in [0, 0.1) is 0 Å². The summed E-state index contributed by atoms with van der Waals surface area (Å²) in [6, 6.07) is 4.81. The number of phenolic OH excluding ortho intramolecular Hbond substituents is 1. The zero-order valence-corrected chi connectivity index (χ0v) is 7.94. The normalized spacial score (nSPS) is 10.1. The van der Waals surface area contributed by atoms with E-state index in [1.54, 1.807) is 30.7 Å². The van der Waals surface area contributed by atoms with E-state index < -0.39 is 0 Å². The van der Waals surface area contributed by atoms with Crippen molar-refractivity contribution in [3.05, 3.63) is 41.8 Å². The van der Waals surface area contributed by atoms with Gasteiger partial charge in [-0.2, -0.15) is 0 Å². The van der Waals surface area contributed by atoms with E-state index in [1.165, 1.54) is 6.07 Å². The summed E-state index contributed by atoms with van der Waals surface area (Å²) in [5.74, 6) is 0.148. The fourth-order valence-corrected chi connectivity index (χ4v) is 1.32. The molecule has 4 heteroatoms. The minimum absolute atomic E-state index is 0.148. The second-order valence-corrected chi connectivity index (χ2v) is 3.19. The van der Waals surface area contributed by atoms with Crippen LogP contribution in [0.25, 0.3) is 11.3 Å². The standard InChI is InChI=1S/C10H7ClN2O/c11-7-1-2-10(14)8(5-7)9-6-12-3-4-13-9/h1-6,14H. The van der Waals surface area contributed by atoms with Gasteiger partial charge in [-0.1, -0.05) is 11.6 Å². The Hall–Kier alpha value is -1.61. The molecule has 0 aliphatic carbocycles. The van der Waals surface area contributed by atoms with E-state index >= 15 is 0 Å². The topological polar surface area (TPSA) is 46.0 Å². The van der Waals surface area contributed by atoms with Crippen LogP contribution in [0.3, 0.4) is 0 Å². The average molecular weight is 207 g/mol. The second kappa shape index (κ2) is 3.64. The van der Waals surface area contributed by atoms with Crippen molar-refractivity contribution in [2.75, 3.05) is 0 Å². The van der Waals surface area contributed by atoms with Crippen molar-refractivity contribution in [3.8, 4) is 17.0 Å². The Morgan fingerprint density at radius 2 is 2.07 bits per heavy atom. The van der Waals surface area contributed by atoms with Crippen LogP contribution in [0.1, 0.15) is 0 Å². The Bertz CT molecular complexity index is 445. The number of aromatic nitrogens is 2. The van der Waals surface area contributed by atoms with Gasteiger partial charge in [-0.3, -0.25) is 9.97 Å². The molecule has 0 radical (unpaired) electrons. The van der Waals surface area contributed by atoms with Crippen LogP contribution < -0.4 is 0 Å². The van der Waals surface area contributed by atoms with Crippen molar-refractivity contribution in [3.63, 3.8) is 0 Å². The number of benzene rings is 1. The van der Waals surface area contributed by atoms with E-state index in [0.29, 0.717) is 16.3 Å². The van der Waals surface area contributed by atoms with E-state index in [1.807, 2.05) is 0 Å². The molecule has 2 aromatic rings. The predicted octanol–water partition coefficient (Wildman–Crippen LogP) is 2.50. The molecule has 0 atom stereocenters. The summed E-state index contributed by atoms with van der Waals surface area (Å²) < 4.78 is 0. The van der Waals surface area contributed by atoms with Crippen LogP contribution in [0.4, 0.5) is 0 Å². The van der Waals surface area contributed by atoms with E-state index in [-0.39, 0.29) is 5.75 Å². The highest BCUT2D eigenvalue weighted by atomic mass is 35.5. The Labute approximate surface area is 86.0 Å². The predicted molar refractivity (Wildman–Crippen MR) is 54.1 cm³/mol. The first kappa shape index (κ1) is 8.97. The highest BCUT2D eigenvalue weighted by molar-refractivity contribution is 6.30. The Morgan fingerprint density at radius 3 is 2.79 bits per heavy atom. The quantitative estimate of drug-likeness (QED) is 0.780. The number of nitrogens with zero attached hydrogens (tertiary/aromatic N) is 2. The molecule has 0 spiro atoms. The fraction of sp³-hybridized carbons (Fsp3) is 0. The maximum absolute atomic E-state index is 9.56. The van der Waals surface area contributed by atoms with Crippen molar-refractivity contribution < 1.29 is 5.11 Å². The summed E-state index contributed by atoms with van der Waals surface area (Å²) in [6.45, 7) is 0. The molecule has 1 aromatic carbocycles. The van der Waals surface area contributed by atoms with Gasteiger partial charge >= 0.3 is 0 Å². The van der Waals surface area contributed by atoms with E-state index in [2.05, 4.69) is 9.97 Å². The zero-order valence-electron chi connectivity index (χ0n) is 7.18. The first-order valence-electron chi connectivity index (χ1n) is 4.02. The zero-order chi connectivity index (χ0) is 9.97. The molecule has 3 nitrogen and oxygen atoms in total. The largest absolute Gasteiger partial charge is 0.507 e. The van der Waals surface area contributed by atoms with Crippen molar-refractivity contribution in [2.45, 2.75) is 0 Å². The summed E-state index contributed by atoms with van der Waals surface area (Å²) in [6.07, 6.45) is 4.71. The van der Waals surface area contributed by atoms with Crippen LogP contribution in [-0.4, -0.2) is 15.1 Å². The summed E-state index contributed by atoms with van der Waals surface area (Å²) >= 11 is 5.81. The third kappa shape index (κ3) is 1.67. The lowest BCUT2D eigenvalue weighted by Crippen LogP contribution is -1.84. The molecular weight excluding hydrogens is 200 g/mol. The van der Waals surface area contributed by atoms with E-state index in [4.69, 9.17) is 11.6 Å². The monoisotopic (exact) mass is 206 g/mol. The molecule has 1 heterocycles. The Kier molecular flexibility index (Phi) is 2.33. The summed E-state index contributed by atoms with van der Waals surface area (Å²) in [4.78, 5) is 7.98. The summed E-state index contributed by atoms with van der Waals surface area (Å²) in [5, 5.41) is 10.1. The van der Waals surface area contributed by atoms with E-state index in [0.717, 1.165) is 0 Å². The number of phenols is 1. The first-order valence-corrected chi connectivity index (χ1v) is 4.40. The number of rotatable bonds is 1. The molecule has 0 bridgehead atoms. The van der Waals surface area contributed by atoms with Gasteiger partial charge < -0.3 is 5.11 Å². The van der Waals surface area contributed by atoms with Gasteiger partial charge in [-0.05, 0) is 18.2 Å². The second-order valence-electron chi connectivity index (χ2n) is 2.75. The Morgan fingerprint density at radius 1 is 1.21 bits per heavy atom. The molecule has 0 aliphatic rings. The van der Waals surface area contributed by atoms with Crippen LogP contribution in [-0.2, 0) is 0 Å². The molecule has 14 heavy (non-hydrogen) atoms. The third-order valence-corrected chi connectivity index (χ3v) is 2.03. The van der Waals surface area contributed by atoms with Crippen molar-refractivity contribution >= 4 is 11.6 Å². The summed E-state index contributed by atoms with van der Waals surface area (Å²) in [5.41, 5.74) is 1.19. The molecule has 1 aromatic heterocycles. The van der Waals surface area contributed by atoms with Crippen molar-refractivity contribution in [1.29, 1.82) is 0 Å². The van der Waals surface area contributed by atoms with Gasteiger partial charge in [0.1, 0.15) is 5.75 Å². The minimum Gasteiger partial charge on any atom is -0.507 e. The molecule has 70 valence electrons. The maximum Gasteiger partial charge on any atom is 0.125 e. The van der Waals surface area contributed by atoms with Gasteiger partial charge in [0.15, 0.2) is 0 Å². The van der Waals surface area contributed by atoms with Crippen LogP contribution in [0.5, 0.6) is 5.75 Å². The number of aromatic hydroxyl groups is 1. The molecule has 0 fully saturated rings. The third-order valence-electron chi connectivity index (χ3n) is 1.80. The van der Waals surface area contributed by atoms with Crippen molar-refractivity contribution in [2.24, 2.45) is 0 Å². The lowest BCUT2D eigenvalue weighted by Gasteiger charge is -2.02. The molecule has 1 N–H and O–H groups in total. The van der Waals surface area contributed by atoms with Crippen LogP contribution in [0.15, 0.2) is 36.8 Å². The number of halogens is 1. The van der Waals surface area contributed by atoms with Gasteiger partial charge in [-0.15, -0.1) is 0 Å². The Balaban J connectivity index is 2.57. The first-order chi connectivity index (χ1) is 6.77. The highest BCUT2D eigenvalue weighted by Gasteiger charge is 2.05. The smallest absolute Gasteiger partial charge is 0.125 e. The average Bonchev–Trinajstić information content (AvgIpc) is 2.23. The molecule has 0 amide bonds. The SMILES string of the molecule is Oc1ccc(Cl)cc1-c1cnccn1. The van der Waals surface area contributed by atoms with Crippen LogP contribution >= 0.6 is 11.6 Å². The lowest BCUT2D eigenvalue weighted by atomic mass is 10.1. The molecular formula is C10H7ClN2O. The minimum atomic E-state index is 0.148. The molecule has 0 saturated carbocycles. The maximum atomic E-state index is 9.56. The van der Waals surface area contributed by atoms with Crippen LogP contribution in [0.2, 0.25) is 5.02 Å². The number of hydrogen-bond donors (Lipinski definition) is 1. The van der Waals surface area contributed by atoms with Gasteiger partial charge in [-0.25, -0.2) is 0 Å². The summed E-state index contributed by atoms with van der Waals surface area (Å²) in [7, 11) is 0. The fourth-order valence-electron chi connectivity index (χ4n) is 1.15. The molecule has 0 saturated heterocycles. The highest BCUT2D eigenvalue weighted by Crippen LogP contribution is 2.29. The van der Waals surface area contributed by atoms with E-state index in [9.17, 15) is 5.11 Å². The van der Waals surface area contributed by atoms with Gasteiger partial charge in [0.25, 0.3) is 0 Å².